The average molecular weight is 290 g/mol. The summed E-state index contributed by atoms with van der Waals surface area (Å²) in [5.74, 6) is 0.234. The van der Waals surface area contributed by atoms with Crippen LogP contribution in [0.1, 0.15) is 16.7 Å². The van der Waals surface area contributed by atoms with E-state index < -0.39 is 0 Å². The maximum absolute atomic E-state index is 12.4. The molecule has 3 rings (SSSR count). The monoisotopic (exact) mass is 290 g/mol. The lowest BCUT2D eigenvalue weighted by Crippen LogP contribution is -2.37. The summed E-state index contributed by atoms with van der Waals surface area (Å²) in [5.41, 5.74) is 3.54. The zero-order valence-electron chi connectivity index (χ0n) is 13.0. The van der Waals surface area contributed by atoms with Gasteiger partial charge in [0.2, 0.25) is 12.3 Å². The van der Waals surface area contributed by atoms with Gasteiger partial charge in [-0.2, -0.15) is 4.57 Å². The molecule has 22 heavy (non-hydrogen) atoms. The fraction of sp³-hybridized carbons (Fsp3) is 0.200. The Kier molecular flexibility index (Phi) is 4.01. The molecule has 0 bridgehead atoms. The van der Waals surface area contributed by atoms with E-state index in [0.717, 1.165) is 10.9 Å². The zero-order chi connectivity index (χ0) is 15.5. The largest absolute Gasteiger partial charge is 0.292 e. The second kappa shape index (κ2) is 6.10. The molecule has 0 aliphatic heterocycles. The number of aromatic nitrogens is 1. The molecule has 2 aromatic carbocycles. The summed E-state index contributed by atoms with van der Waals surface area (Å²) in [6, 6.07) is 16.4. The van der Waals surface area contributed by atoms with Crippen LogP contribution in [0.5, 0.6) is 0 Å². The first-order chi connectivity index (χ1) is 10.6. The van der Waals surface area contributed by atoms with E-state index in [9.17, 15) is 4.79 Å². The highest BCUT2D eigenvalue weighted by molar-refractivity contribution is 5.82. The van der Waals surface area contributed by atoms with Crippen molar-refractivity contribution >= 4 is 16.6 Å². The van der Waals surface area contributed by atoms with Crippen molar-refractivity contribution in [2.45, 2.75) is 26.8 Å². The van der Waals surface area contributed by atoms with Crippen molar-refractivity contribution in [1.82, 2.24) is 0 Å². The van der Waals surface area contributed by atoms with Crippen molar-refractivity contribution in [3.63, 3.8) is 0 Å². The summed E-state index contributed by atoms with van der Waals surface area (Å²) in [6.45, 7) is 4.55. The minimum absolute atomic E-state index is 0.234. The van der Waals surface area contributed by atoms with Crippen LogP contribution in [0.2, 0.25) is 0 Å². The second-order valence-electron chi connectivity index (χ2n) is 5.83. The van der Waals surface area contributed by atoms with E-state index in [4.69, 9.17) is 0 Å². The lowest BCUT2D eigenvalue weighted by atomic mass is 9.98. The van der Waals surface area contributed by atoms with Crippen LogP contribution in [-0.4, -0.2) is 5.78 Å². The predicted octanol–water partition coefficient (Wildman–Crippen LogP) is 3.56. The Morgan fingerprint density at radius 2 is 1.59 bits per heavy atom. The van der Waals surface area contributed by atoms with E-state index in [1.54, 1.807) is 0 Å². The summed E-state index contributed by atoms with van der Waals surface area (Å²) >= 11 is 0. The standard InChI is InChI=1S/C20H20NO/c1-15-6-5-7-16(2)20(15)12-19(22)14-21-11-10-17-8-3-4-9-18(17)13-21/h3-11,13H,12,14H2,1-2H3/q+1. The molecule has 0 aliphatic carbocycles. The molecule has 2 heteroatoms. The van der Waals surface area contributed by atoms with Gasteiger partial charge < -0.3 is 0 Å². The number of Topliss-reactive ketones (excluding diaryl/α,β-unsaturated/α-hetero) is 1. The molecular formula is C20H20NO+. The number of benzene rings is 2. The van der Waals surface area contributed by atoms with Crippen LogP contribution in [-0.2, 0) is 17.8 Å². The number of rotatable bonds is 4. The zero-order valence-corrected chi connectivity index (χ0v) is 13.0. The van der Waals surface area contributed by atoms with Crippen LogP contribution in [0.25, 0.3) is 10.8 Å². The highest BCUT2D eigenvalue weighted by Crippen LogP contribution is 2.14. The number of hydrogen-bond acceptors (Lipinski definition) is 1. The number of carbonyl (C=O) groups excluding carboxylic acids is 1. The Morgan fingerprint density at radius 3 is 2.32 bits per heavy atom. The maximum atomic E-state index is 12.4. The molecule has 0 atom stereocenters. The molecule has 0 N–H and O–H groups in total. The van der Waals surface area contributed by atoms with Crippen molar-refractivity contribution in [3.05, 3.63) is 77.6 Å². The maximum Gasteiger partial charge on any atom is 0.206 e. The lowest BCUT2D eigenvalue weighted by molar-refractivity contribution is -0.683. The number of fused-ring (bicyclic) bond motifs is 1. The quantitative estimate of drug-likeness (QED) is 0.673. The molecule has 0 aliphatic rings. The van der Waals surface area contributed by atoms with Gasteiger partial charge in [0.25, 0.3) is 0 Å². The first-order valence-electron chi connectivity index (χ1n) is 7.58. The topological polar surface area (TPSA) is 20.9 Å². The van der Waals surface area contributed by atoms with Crippen molar-refractivity contribution in [3.8, 4) is 0 Å². The number of carbonyl (C=O) groups is 1. The van der Waals surface area contributed by atoms with Gasteiger partial charge in [0.15, 0.2) is 12.4 Å². The molecule has 1 aromatic heterocycles. The minimum Gasteiger partial charge on any atom is -0.292 e. The first-order valence-corrected chi connectivity index (χ1v) is 7.58. The summed E-state index contributed by atoms with van der Waals surface area (Å²) in [7, 11) is 0. The minimum atomic E-state index is 0.234. The number of hydrogen-bond donors (Lipinski definition) is 0. The Bertz CT molecular complexity index is 816. The third-order valence-corrected chi connectivity index (χ3v) is 4.12. The van der Waals surface area contributed by atoms with Crippen LogP contribution in [0.4, 0.5) is 0 Å². The molecule has 0 spiro atoms. The number of aryl methyl sites for hydroxylation is 2. The van der Waals surface area contributed by atoms with E-state index in [1.165, 1.54) is 16.5 Å². The Morgan fingerprint density at radius 1 is 0.909 bits per heavy atom. The van der Waals surface area contributed by atoms with Crippen LogP contribution >= 0.6 is 0 Å². The van der Waals surface area contributed by atoms with Crippen molar-refractivity contribution in [2.75, 3.05) is 0 Å². The fourth-order valence-electron chi connectivity index (χ4n) is 2.86. The van der Waals surface area contributed by atoms with E-state index in [0.29, 0.717) is 13.0 Å². The number of ketones is 1. The molecule has 3 aromatic rings. The Hall–Kier alpha value is -2.48. The molecular weight excluding hydrogens is 270 g/mol. The van der Waals surface area contributed by atoms with Gasteiger partial charge in [-0.15, -0.1) is 0 Å². The number of nitrogens with zero attached hydrogens (tertiary/aromatic N) is 1. The summed E-state index contributed by atoms with van der Waals surface area (Å²) in [6.07, 6.45) is 4.52. The van der Waals surface area contributed by atoms with Crippen LogP contribution in [0.3, 0.4) is 0 Å². The highest BCUT2D eigenvalue weighted by Gasteiger charge is 2.13. The predicted molar refractivity (Wildman–Crippen MR) is 88.8 cm³/mol. The van der Waals surface area contributed by atoms with E-state index in [1.807, 2.05) is 35.2 Å². The van der Waals surface area contributed by atoms with Gasteiger partial charge in [-0.05, 0) is 42.0 Å². The van der Waals surface area contributed by atoms with Crippen molar-refractivity contribution < 1.29 is 9.36 Å². The first kappa shape index (κ1) is 14.5. The summed E-state index contributed by atoms with van der Waals surface area (Å²) in [4.78, 5) is 12.4. The number of pyridine rings is 1. The smallest absolute Gasteiger partial charge is 0.206 e. The molecule has 0 unspecified atom stereocenters. The molecule has 0 fully saturated rings. The van der Waals surface area contributed by atoms with Crippen molar-refractivity contribution in [2.24, 2.45) is 0 Å². The Labute approximate surface area is 131 Å². The summed E-state index contributed by atoms with van der Waals surface area (Å²) < 4.78 is 1.97. The van der Waals surface area contributed by atoms with Gasteiger partial charge in [0.1, 0.15) is 0 Å². The van der Waals surface area contributed by atoms with Crippen LogP contribution < -0.4 is 4.57 Å². The van der Waals surface area contributed by atoms with Gasteiger partial charge in [0.05, 0.1) is 0 Å². The second-order valence-corrected chi connectivity index (χ2v) is 5.83. The van der Waals surface area contributed by atoms with Crippen LogP contribution in [0.15, 0.2) is 60.9 Å². The summed E-state index contributed by atoms with van der Waals surface area (Å²) in [5, 5.41) is 2.35. The average Bonchev–Trinajstić information content (AvgIpc) is 2.51. The lowest BCUT2D eigenvalue weighted by Gasteiger charge is -2.07. The highest BCUT2D eigenvalue weighted by atomic mass is 16.1. The fourth-order valence-corrected chi connectivity index (χ4v) is 2.86. The van der Waals surface area contributed by atoms with E-state index in [-0.39, 0.29) is 5.78 Å². The van der Waals surface area contributed by atoms with Crippen molar-refractivity contribution in [1.29, 1.82) is 0 Å². The van der Waals surface area contributed by atoms with Gasteiger partial charge in [-0.1, -0.05) is 36.4 Å². The Balaban J connectivity index is 1.78. The molecule has 0 saturated carbocycles. The normalized spacial score (nSPS) is 10.8. The molecule has 1 heterocycles. The third kappa shape index (κ3) is 3.06. The van der Waals surface area contributed by atoms with Gasteiger partial charge in [0, 0.05) is 17.9 Å². The van der Waals surface area contributed by atoms with E-state index >= 15 is 0 Å². The molecule has 0 saturated heterocycles. The molecule has 0 amide bonds. The SMILES string of the molecule is Cc1cccc(C)c1CC(=O)C[n+]1ccc2ccccc2c1. The van der Waals surface area contributed by atoms with Gasteiger partial charge >= 0.3 is 0 Å². The van der Waals surface area contributed by atoms with E-state index in [2.05, 4.69) is 44.2 Å². The third-order valence-electron chi connectivity index (χ3n) is 4.12. The van der Waals surface area contributed by atoms with Gasteiger partial charge in [-0.3, -0.25) is 4.79 Å². The van der Waals surface area contributed by atoms with Crippen LogP contribution in [0, 0.1) is 13.8 Å². The molecule has 110 valence electrons. The molecule has 2 nitrogen and oxygen atoms in total. The molecule has 0 radical (unpaired) electrons. The van der Waals surface area contributed by atoms with Gasteiger partial charge in [-0.25, -0.2) is 0 Å².